The fourth-order valence-electron chi connectivity index (χ4n) is 3.29. The van der Waals surface area contributed by atoms with Crippen LogP contribution in [0, 0.1) is 10.1 Å². The van der Waals surface area contributed by atoms with Crippen molar-refractivity contribution < 1.29 is 18.1 Å². The van der Waals surface area contributed by atoms with Gasteiger partial charge in [-0.2, -0.15) is 9.41 Å². The number of imidazole rings is 1. The third-order valence-corrected chi connectivity index (χ3v) is 7.12. The molecule has 2 aromatic carbocycles. The van der Waals surface area contributed by atoms with Crippen molar-refractivity contribution in [1.29, 1.82) is 0 Å². The van der Waals surface area contributed by atoms with Crippen molar-refractivity contribution in [1.82, 2.24) is 19.3 Å². The standard InChI is InChI=1S/C22H24N6O5S/c1-4-27(5-2)34(32,33)19-11-7-9-17(15-19)22(29)25-24-20(21-23-12-13-26(21)3)16-8-6-10-18(14-16)28(30)31/h6-15H,4-5H2,1-3H3,(H,25,29)/b24-20-. The molecule has 11 nitrogen and oxygen atoms in total. The predicted molar refractivity (Wildman–Crippen MR) is 126 cm³/mol. The molecule has 1 heterocycles. The number of carbonyl (C=O) groups is 1. The molecule has 0 bridgehead atoms. The Morgan fingerprint density at radius 3 is 2.44 bits per heavy atom. The summed E-state index contributed by atoms with van der Waals surface area (Å²) in [5.41, 5.74) is 2.95. The van der Waals surface area contributed by atoms with Crippen molar-refractivity contribution in [3.63, 3.8) is 0 Å². The van der Waals surface area contributed by atoms with Crippen LogP contribution in [0.2, 0.25) is 0 Å². The Balaban J connectivity index is 1.97. The molecule has 1 amide bonds. The van der Waals surface area contributed by atoms with E-state index in [1.165, 1.54) is 53.0 Å². The Morgan fingerprint density at radius 1 is 1.15 bits per heavy atom. The summed E-state index contributed by atoms with van der Waals surface area (Å²) in [5.74, 6) is -0.271. The molecule has 0 aliphatic carbocycles. The molecule has 0 saturated carbocycles. The number of aryl methyl sites for hydroxylation is 1. The number of benzene rings is 2. The highest BCUT2D eigenvalue weighted by atomic mass is 32.2. The van der Waals surface area contributed by atoms with Crippen LogP contribution >= 0.6 is 0 Å². The quantitative estimate of drug-likeness (QED) is 0.281. The molecule has 34 heavy (non-hydrogen) atoms. The third kappa shape index (κ3) is 5.18. The number of rotatable bonds is 9. The summed E-state index contributed by atoms with van der Waals surface area (Å²) >= 11 is 0. The van der Waals surface area contributed by atoms with Crippen molar-refractivity contribution in [3.05, 3.63) is 88.0 Å². The number of nitrogens with one attached hydrogen (secondary N) is 1. The Labute approximate surface area is 196 Å². The molecule has 0 spiro atoms. The molecule has 3 rings (SSSR count). The van der Waals surface area contributed by atoms with Crippen LogP contribution in [0.5, 0.6) is 0 Å². The van der Waals surface area contributed by atoms with E-state index >= 15 is 0 Å². The average Bonchev–Trinajstić information content (AvgIpc) is 3.25. The van der Waals surface area contributed by atoms with Gasteiger partial charge in [0.15, 0.2) is 5.82 Å². The smallest absolute Gasteiger partial charge is 0.271 e. The topological polar surface area (TPSA) is 140 Å². The SMILES string of the molecule is CCN(CC)S(=O)(=O)c1cccc(C(=O)N/N=C(/c2cccc([N+](=O)[O-])c2)c2nccn2C)c1. The lowest BCUT2D eigenvalue weighted by Gasteiger charge is -2.18. The number of nitro benzene ring substituents is 1. The minimum atomic E-state index is -3.75. The first-order valence-electron chi connectivity index (χ1n) is 10.4. The summed E-state index contributed by atoms with van der Waals surface area (Å²) < 4.78 is 28.6. The Bertz CT molecular complexity index is 1350. The maximum atomic E-state index is 12.8. The van der Waals surface area contributed by atoms with E-state index in [-0.39, 0.29) is 21.9 Å². The third-order valence-electron chi connectivity index (χ3n) is 5.07. The molecule has 178 valence electrons. The summed E-state index contributed by atoms with van der Waals surface area (Å²) in [5, 5.41) is 15.4. The monoisotopic (exact) mass is 484 g/mol. The normalized spacial score (nSPS) is 12.1. The minimum Gasteiger partial charge on any atom is -0.333 e. The van der Waals surface area contributed by atoms with E-state index < -0.39 is 20.9 Å². The minimum absolute atomic E-state index is 0.00385. The van der Waals surface area contributed by atoms with Crippen LogP contribution in [0.15, 0.2) is 70.9 Å². The Kier molecular flexibility index (Phi) is 7.54. The zero-order valence-electron chi connectivity index (χ0n) is 18.9. The largest absolute Gasteiger partial charge is 0.333 e. The molecular formula is C22H24N6O5S. The lowest BCUT2D eigenvalue weighted by Crippen LogP contribution is -2.31. The molecule has 0 saturated heterocycles. The molecule has 0 unspecified atom stereocenters. The fraction of sp³-hybridized carbons (Fsp3) is 0.227. The van der Waals surface area contributed by atoms with Gasteiger partial charge in [0, 0.05) is 55.8 Å². The second-order valence-corrected chi connectivity index (χ2v) is 9.13. The van der Waals surface area contributed by atoms with Crippen molar-refractivity contribution in [2.45, 2.75) is 18.7 Å². The zero-order chi connectivity index (χ0) is 24.9. The molecule has 0 fully saturated rings. The number of non-ortho nitro benzene ring substituents is 1. The second-order valence-electron chi connectivity index (χ2n) is 7.19. The van der Waals surface area contributed by atoms with Gasteiger partial charge in [0.1, 0.15) is 5.71 Å². The number of amides is 1. The predicted octanol–water partition coefficient (Wildman–Crippen LogP) is 2.54. The molecular weight excluding hydrogens is 460 g/mol. The summed E-state index contributed by atoms with van der Waals surface area (Å²) in [6, 6.07) is 11.5. The van der Waals surface area contributed by atoms with E-state index in [4.69, 9.17) is 0 Å². The Hall–Kier alpha value is -3.90. The van der Waals surface area contributed by atoms with Gasteiger partial charge >= 0.3 is 0 Å². The number of hydrogen-bond acceptors (Lipinski definition) is 7. The van der Waals surface area contributed by atoms with E-state index in [0.29, 0.717) is 24.5 Å². The van der Waals surface area contributed by atoms with Gasteiger partial charge in [-0.3, -0.25) is 14.9 Å². The van der Waals surface area contributed by atoms with Crippen LogP contribution in [-0.2, 0) is 17.1 Å². The number of hydrazone groups is 1. The first-order chi connectivity index (χ1) is 16.2. The van der Waals surface area contributed by atoms with Gasteiger partial charge < -0.3 is 4.57 Å². The van der Waals surface area contributed by atoms with E-state index in [9.17, 15) is 23.3 Å². The van der Waals surface area contributed by atoms with E-state index in [1.807, 2.05) is 0 Å². The molecule has 0 aliphatic heterocycles. The summed E-state index contributed by atoms with van der Waals surface area (Å²) in [6.45, 7) is 4.07. The number of carbonyl (C=O) groups excluding carboxylic acids is 1. The lowest BCUT2D eigenvalue weighted by molar-refractivity contribution is -0.384. The van der Waals surface area contributed by atoms with E-state index in [0.717, 1.165) is 0 Å². The highest BCUT2D eigenvalue weighted by molar-refractivity contribution is 7.89. The van der Waals surface area contributed by atoms with Crippen molar-refractivity contribution in [2.24, 2.45) is 12.1 Å². The van der Waals surface area contributed by atoms with Gasteiger partial charge in [-0.05, 0) is 18.2 Å². The average molecular weight is 485 g/mol. The van der Waals surface area contributed by atoms with Crippen molar-refractivity contribution in [2.75, 3.05) is 13.1 Å². The van der Waals surface area contributed by atoms with Gasteiger partial charge in [-0.15, -0.1) is 0 Å². The maximum Gasteiger partial charge on any atom is 0.271 e. The molecule has 0 aliphatic rings. The molecule has 3 aromatic rings. The van der Waals surface area contributed by atoms with Gasteiger partial charge in [0.05, 0.1) is 9.82 Å². The summed E-state index contributed by atoms with van der Waals surface area (Å²) in [6.07, 6.45) is 3.21. The first-order valence-corrected chi connectivity index (χ1v) is 11.8. The van der Waals surface area contributed by atoms with Crippen molar-refractivity contribution in [3.8, 4) is 0 Å². The zero-order valence-corrected chi connectivity index (χ0v) is 19.7. The van der Waals surface area contributed by atoms with Crippen LogP contribution in [0.3, 0.4) is 0 Å². The van der Waals surface area contributed by atoms with Crippen LogP contribution in [-0.4, -0.2) is 51.9 Å². The number of aromatic nitrogens is 2. The van der Waals surface area contributed by atoms with Crippen LogP contribution in [0.25, 0.3) is 0 Å². The van der Waals surface area contributed by atoms with Gasteiger partial charge in [-0.1, -0.05) is 32.0 Å². The Morgan fingerprint density at radius 2 is 1.82 bits per heavy atom. The van der Waals surface area contributed by atoms with Crippen LogP contribution in [0.4, 0.5) is 5.69 Å². The lowest BCUT2D eigenvalue weighted by atomic mass is 10.1. The highest BCUT2D eigenvalue weighted by Crippen LogP contribution is 2.18. The highest BCUT2D eigenvalue weighted by Gasteiger charge is 2.23. The molecule has 1 N–H and O–H groups in total. The van der Waals surface area contributed by atoms with Crippen LogP contribution in [0.1, 0.15) is 35.6 Å². The molecule has 12 heteroatoms. The first kappa shape index (κ1) is 24.7. The van der Waals surface area contributed by atoms with Crippen LogP contribution < -0.4 is 5.43 Å². The van der Waals surface area contributed by atoms with Gasteiger partial charge in [0.25, 0.3) is 11.6 Å². The number of nitrogens with zero attached hydrogens (tertiary/aromatic N) is 5. The van der Waals surface area contributed by atoms with E-state index in [1.54, 1.807) is 37.7 Å². The molecule has 0 atom stereocenters. The number of sulfonamides is 1. The fourth-order valence-corrected chi connectivity index (χ4v) is 4.79. The maximum absolute atomic E-state index is 12.8. The number of nitro groups is 1. The number of hydrogen-bond donors (Lipinski definition) is 1. The van der Waals surface area contributed by atoms with Crippen molar-refractivity contribution >= 4 is 27.3 Å². The summed E-state index contributed by atoms with van der Waals surface area (Å²) in [4.78, 5) is 27.7. The van der Waals surface area contributed by atoms with Gasteiger partial charge in [-0.25, -0.2) is 18.8 Å². The second kappa shape index (κ2) is 10.4. The summed E-state index contributed by atoms with van der Waals surface area (Å²) in [7, 11) is -2.02. The molecule has 1 aromatic heterocycles. The molecule has 0 radical (unpaired) electrons. The van der Waals surface area contributed by atoms with Gasteiger partial charge in [0.2, 0.25) is 10.0 Å². The van der Waals surface area contributed by atoms with E-state index in [2.05, 4.69) is 15.5 Å².